The Bertz CT molecular complexity index is 1310. The summed E-state index contributed by atoms with van der Waals surface area (Å²) in [5.41, 5.74) is 4.27. The number of benzene rings is 3. The highest BCUT2D eigenvalue weighted by molar-refractivity contribution is 7.98. The zero-order valence-electron chi connectivity index (χ0n) is 21.3. The first-order valence-corrected chi connectivity index (χ1v) is 13.1. The van der Waals surface area contributed by atoms with Gasteiger partial charge >= 0.3 is 12.0 Å². The lowest BCUT2D eigenvalue weighted by molar-refractivity contribution is -0.137. The highest BCUT2D eigenvalue weighted by Crippen LogP contribution is 2.27. The number of urea groups is 1. The molecule has 3 aromatic carbocycles. The minimum absolute atomic E-state index is 0.124. The fraction of sp³-hybridized carbons (Fsp3) is 0.214. The summed E-state index contributed by atoms with van der Waals surface area (Å²) in [6.07, 6.45) is 1.77. The number of aryl methyl sites for hydroxylation is 1. The van der Waals surface area contributed by atoms with E-state index >= 15 is 0 Å². The molecule has 0 aliphatic carbocycles. The molecule has 1 atom stereocenters. The molecule has 3 aromatic rings. The summed E-state index contributed by atoms with van der Waals surface area (Å²) < 4.78 is 0. The van der Waals surface area contributed by atoms with Gasteiger partial charge in [-0.25, -0.2) is 4.79 Å². The number of carbonyl (C=O) groups excluding carboxylic acids is 3. The topological polar surface area (TPSA) is 137 Å². The van der Waals surface area contributed by atoms with Gasteiger partial charge in [-0.05, 0) is 60.2 Å². The molecule has 4 amide bonds. The molecule has 0 fully saturated rings. The SMILES string of the molecule is CSc1cc(CC(=O)Nc2ccc(C(CC(=O)O)NC(C)=O)cc2)ccc1NC(=O)Nc1ccccc1C. The summed E-state index contributed by atoms with van der Waals surface area (Å²) in [6, 6.07) is 18.6. The van der Waals surface area contributed by atoms with E-state index in [2.05, 4.69) is 21.3 Å². The zero-order valence-corrected chi connectivity index (χ0v) is 22.1. The number of hydrogen-bond acceptors (Lipinski definition) is 5. The maximum atomic E-state index is 12.7. The Morgan fingerprint density at radius 3 is 2.21 bits per heavy atom. The summed E-state index contributed by atoms with van der Waals surface area (Å²) in [7, 11) is 0. The molecule has 198 valence electrons. The summed E-state index contributed by atoms with van der Waals surface area (Å²) in [5, 5.41) is 20.3. The van der Waals surface area contributed by atoms with E-state index in [1.54, 1.807) is 36.4 Å². The standard InChI is InChI=1S/C28H30N4O5S/c1-17-6-4-5-7-22(17)31-28(37)32-23-13-8-19(14-25(23)38-3)15-26(34)30-21-11-9-20(10-12-21)24(16-27(35)36)29-18(2)33/h4-14,24H,15-16H2,1-3H3,(H,29,33)(H,30,34)(H,35,36)(H2,31,32,37). The van der Waals surface area contributed by atoms with Crippen LogP contribution in [-0.4, -0.2) is 35.2 Å². The highest BCUT2D eigenvalue weighted by Gasteiger charge is 2.17. The van der Waals surface area contributed by atoms with E-state index in [0.29, 0.717) is 16.9 Å². The number of carboxylic acid groups (broad SMARTS) is 1. The van der Waals surface area contributed by atoms with Crippen LogP contribution in [-0.2, 0) is 20.8 Å². The molecule has 0 aliphatic rings. The van der Waals surface area contributed by atoms with Gasteiger partial charge in [0.25, 0.3) is 0 Å². The number of anilines is 3. The molecule has 0 saturated heterocycles. The van der Waals surface area contributed by atoms with E-state index in [1.165, 1.54) is 18.7 Å². The van der Waals surface area contributed by atoms with Crippen molar-refractivity contribution in [3.8, 4) is 0 Å². The van der Waals surface area contributed by atoms with Gasteiger partial charge in [-0.2, -0.15) is 0 Å². The van der Waals surface area contributed by atoms with Gasteiger partial charge in [0.15, 0.2) is 0 Å². The van der Waals surface area contributed by atoms with Gasteiger partial charge in [0.1, 0.15) is 0 Å². The first kappa shape index (κ1) is 28.3. The van der Waals surface area contributed by atoms with Crippen molar-refractivity contribution >= 4 is 52.6 Å². The Hall–Kier alpha value is -4.31. The highest BCUT2D eigenvalue weighted by atomic mass is 32.2. The average molecular weight is 535 g/mol. The number of thioether (sulfide) groups is 1. The zero-order chi connectivity index (χ0) is 27.7. The predicted molar refractivity (Wildman–Crippen MR) is 150 cm³/mol. The second-order valence-electron chi connectivity index (χ2n) is 8.63. The van der Waals surface area contributed by atoms with Crippen LogP contribution < -0.4 is 21.3 Å². The monoisotopic (exact) mass is 534 g/mol. The number of para-hydroxylation sites is 1. The van der Waals surface area contributed by atoms with Crippen LogP contribution in [0.4, 0.5) is 21.9 Å². The molecule has 9 nitrogen and oxygen atoms in total. The van der Waals surface area contributed by atoms with E-state index in [4.69, 9.17) is 5.11 Å². The summed E-state index contributed by atoms with van der Waals surface area (Å²) in [6.45, 7) is 3.24. The lowest BCUT2D eigenvalue weighted by Crippen LogP contribution is -2.28. The molecule has 0 heterocycles. The van der Waals surface area contributed by atoms with Crippen LogP contribution in [0.5, 0.6) is 0 Å². The normalized spacial score (nSPS) is 11.2. The molecule has 38 heavy (non-hydrogen) atoms. The maximum Gasteiger partial charge on any atom is 0.323 e. The van der Waals surface area contributed by atoms with E-state index in [1.807, 2.05) is 43.5 Å². The third-order valence-electron chi connectivity index (χ3n) is 5.63. The lowest BCUT2D eigenvalue weighted by atomic mass is 10.0. The molecule has 0 aromatic heterocycles. The Morgan fingerprint density at radius 2 is 1.58 bits per heavy atom. The van der Waals surface area contributed by atoms with Crippen LogP contribution in [0.3, 0.4) is 0 Å². The van der Waals surface area contributed by atoms with Crippen LogP contribution in [0.1, 0.15) is 36.1 Å². The third kappa shape index (κ3) is 8.38. The smallest absolute Gasteiger partial charge is 0.323 e. The average Bonchev–Trinajstić information content (AvgIpc) is 2.86. The van der Waals surface area contributed by atoms with Crippen molar-refractivity contribution in [1.29, 1.82) is 0 Å². The summed E-state index contributed by atoms with van der Waals surface area (Å²) in [4.78, 5) is 48.5. The molecule has 0 aliphatic heterocycles. The van der Waals surface area contributed by atoms with E-state index < -0.39 is 12.0 Å². The first-order chi connectivity index (χ1) is 18.1. The molecule has 3 rings (SSSR count). The summed E-state index contributed by atoms with van der Waals surface area (Å²) in [5.74, 6) is -1.59. The van der Waals surface area contributed by atoms with E-state index in [9.17, 15) is 19.2 Å². The van der Waals surface area contributed by atoms with E-state index in [-0.39, 0.29) is 30.7 Å². The Kier molecular flexibility index (Phi) is 9.89. The number of aliphatic carboxylic acids is 1. The predicted octanol–water partition coefficient (Wildman–Crippen LogP) is 5.19. The Balaban J connectivity index is 1.61. The second-order valence-corrected chi connectivity index (χ2v) is 9.47. The number of hydrogen-bond donors (Lipinski definition) is 5. The first-order valence-electron chi connectivity index (χ1n) is 11.8. The molecule has 0 bridgehead atoms. The lowest BCUT2D eigenvalue weighted by Gasteiger charge is -2.17. The van der Waals surface area contributed by atoms with Crippen molar-refractivity contribution in [3.63, 3.8) is 0 Å². The molecule has 1 unspecified atom stereocenters. The Morgan fingerprint density at radius 1 is 0.895 bits per heavy atom. The number of carbonyl (C=O) groups is 4. The van der Waals surface area contributed by atoms with Gasteiger partial charge in [-0.1, -0.05) is 36.4 Å². The van der Waals surface area contributed by atoms with Crippen molar-refractivity contribution < 1.29 is 24.3 Å². The van der Waals surface area contributed by atoms with Crippen LogP contribution in [0.15, 0.2) is 71.6 Å². The second kappa shape index (κ2) is 13.3. The van der Waals surface area contributed by atoms with Crippen molar-refractivity contribution in [1.82, 2.24) is 5.32 Å². The van der Waals surface area contributed by atoms with Gasteiger partial charge in [-0.15, -0.1) is 11.8 Å². The maximum absolute atomic E-state index is 12.7. The van der Waals surface area contributed by atoms with Crippen LogP contribution in [0.25, 0.3) is 0 Å². The molecule has 10 heteroatoms. The molecule has 0 spiro atoms. The fourth-order valence-electron chi connectivity index (χ4n) is 3.80. The number of rotatable bonds is 10. The summed E-state index contributed by atoms with van der Waals surface area (Å²) >= 11 is 1.46. The fourth-order valence-corrected chi connectivity index (χ4v) is 4.41. The van der Waals surface area contributed by atoms with Crippen LogP contribution in [0.2, 0.25) is 0 Å². The molecular weight excluding hydrogens is 504 g/mol. The molecular formula is C28H30N4O5S. The third-order valence-corrected chi connectivity index (χ3v) is 6.40. The van der Waals surface area contributed by atoms with Crippen molar-refractivity contribution in [3.05, 3.63) is 83.4 Å². The van der Waals surface area contributed by atoms with Crippen molar-refractivity contribution in [2.45, 2.75) is 37.6 Å². The van der Waals surface area contributed by atoms with Gasteiger partial charge < -0.3 is 26.4 Å². The van der Waals surface area contributed by atoms with Crippen LogP contribution >= 0.6 is 11.8 Å². The van der Waals surface area contributed by atoms with Gasteiger partial charge in [0, 0.05) is 23.2 Å². The van der Waals surface area contributed by atoms with Crippen molar-refractivity contribution in [2.24, 2.45) is 0 Å². The van der Waals surface area contributed by atoms with Crippen LogP contribution in [0, 0.1) is 6.92 Å². The molecule has 5 N–H and O–H groups in total. The van der Waals surface area contributed by atoms with Gasteiger partial charge in [0.2, 0.25) is 11.8 Å². The van der Waals surface area contributed by atoms with Crippen molar-refractivity contribution in [2.75, 3.05) is 22.2 Å². The van der Waals surface area contributed by atoms with Gasteiger partial charge in [0.05, 0.1) is 24.6 Å². The minimum Gasteiger partial charge on any atom is -0.481 e. The molecule has 0 saturated carbocycles. The van der Waals surface area contributed by atoms with Gasteiger partial charge in [-0.3, -0.25) is 14.4 Å². The quantitative estimate of drug-likeness (QED) is 0.227. The van der Waals surface area contributed by atoms with E-state index in [0.717, 1.165) is 21.7 Å². The molecule has 0 radical (unpaired) electrons. The Labute approximate surface area is 225 Å². The largest absolute Gasteiger partial charge is 0.481 e. The minimum atomic E-state index is -1.03. The number of amides is 4. The number of carboxylic acids is 1. The number of nitrogens with one attached hydrogen (secondary N) is 4.